The van der Waals surface area contributed by atoms with Crippen LogP contribution in [0.4, 0.5) is 0 Å². The molecular weight excluding hydrogens is 686 g/mol. The molecule has 0 radical (unpaired) electrons. The van der Waals surface area contributed by atoms with Crippen LogP contribution < -0.4 is 0 Å². The van der Waals surface area contributed by atoms with Gasteiger partial charge in [-0.15, -0.1) is 0 Å². The molecule has 50 heavy (non-hydrogen) atoms. The van der Waals surface area contributed by atoms with Crippen molar-refractivity contribution in [3.63, 3.8) is 0 Å². The maximum absolute atomic E-state index is 12.8. The van der Waals surface area contributed by atoms with Gasteiger partial charge in [0.1, 0.15) is 11.9 Å². The molecular formula is C36H64O12P2. The zero-order valence-electron chi connectivity index (χ0n) is 30.5. The van der Waals surface area contributed by atoms with Crippen molar-refractivity contribution in [3.05, 3.63) is 0 Å². The van der Waals surface area contributed by atoms with Gasteiger partial charge in [-0.1, -0.05) is 46.5 Å². The highest BCUT2D eigenvalue weighted by atomic mass is 31.2. The summed E-state index contributed by atoms with van der Waals surface area (Å²) in [5.74, 6) is 0.860. The van der Waals surface area contributed by atoms with Crippen LogP contribution in [-0.4, -0.2) is 69.5 Å². The van der Waals surface area contributed by atoms with Gasteiger partial charge in [0.15, 0.2) is 0 Å². The normalized spacial score (nSPS) is 35.8. The summed E-state index contributed by atoms with van der Waals surface area (Å²) in [6, 6.07) is 0. The van der Waals surface area contributed by atoms with Gasteiger partial charge >= 0.3 is 21.2 Å². The number of rotatable bonds is 17. The third kappa shape index (κ3) is 8.65. The Labute approximate surface area is 297 Å². The topological polar surface area (TPSA) is 219 Å². The van der Waals surface area contributed by atoms with Gasteiger partial charge in [-0.3, -0.25) is 18.7 Å². The summed E-state index contributed by atoms with van der Waals surface area (Å²) < 4.78 is 28.8. The van der Waals surface area contributed by atoms with Gasteiger partial charge in [-0.25, -0.2) is 0 Å². The minimum absolute atomic E-state index is 0.0140. The lowest BCUT2D eigenvalue weighted by Crippen LogP contribution is -2.59. The summed E-state index contributed by atoms with van der Waals surface area (Å²) in [6.07, 6.45) is 10.4. The Hall–Kier alpha value is -0.680. The predicted octanol–water partition coefficient (Wildman–Crippen LogP) is 6.16. The monoisotopic (exact) mass is 750 g/mol. The average molecular weight is 751 g/mol. The Morgan fingerprint density at radius 1 is 0.760 bits per heavy atom. The van der Waals surface area contributed by atoms with E-state index in [1.807, 2.05) is 0 Å². The van der Waals surface area contributed by atoms with Gasteiger partial charge in [0.2, 0.25) is 0 Å². The fourth-order valence-corrected chi connectivity index (χ4v) is 13.5. The Balaban J connectivity index is 1.26. The van der Waals surface area contributed by atoms with E-state index in [-0.39, 0.29) is 66.7 Å². The van der Waals surface area contributed by atoms with Crippen LogP contribution in [0.2, 0.25) is 0 Å². The van der Waals surface area contributed by atoms with Crippen molar-refractivity contribution in [3.8, 4) is 0 Å². The Morgan fingerprint density at radius 2 is 1.38 bits per heavy atom. The molecule has 4 fully saturated rings. The molecule has 0 aromatic heterocycles. The van der Waals surface area contributed by atoms with Crippen molar-refractivity contribution in [2.45, 2.75) is 173 Å². The van der Waals surface area contributed by atoms with E-state index in [0.717, 1.165) is 57.8 Å². The van der Waals surface area contributed by atoms with E-state index in [1.54, 1.807) is 0 Å². The summed E-state index contributed by atoms with van der Waals surface area (Å²) in [5.41, 5.74) is -0.668. The quantitative estimate of drug-likeness (QED) is 0.0505. The lowest BCUT2D eigenvalue weighted by Gasteiger charge is -2.62. The molecule has 0 aliphatic heterocycles. The van der Waals surface area contributed by atoms with Gasteiger partial charge in [-0.05, 0) is 124 Å². The second kappa shape index (κ2) is 16.0. The number of hydrogen-bond acceptors (Lipinski definition) is 8. The molecule has 14 heteroatoms. The molecule has 7 N–H and O–H groups in total. The molecule has 4 aliphatic rings. The maximum atomic E-state index is 12.8. The van der Waals surface area contributed by atoms with Gasteiger partial charge in [0.05, 0.1) is 18.1 Å². The van der Waals surface area contributed by atoms with E-state index in [9.17, 15) is 53.6 Å². The van der Waals surface area contributed by atoms with Gasteiger partial charge in [0.25, 0.3) is 5.08 Å². The highest BCUT2D eigenvalue weighted by Gasteiger charge is 2.64. The molecule has 4 saturated carbocycles. The minimum Gasteiger partial charge on any atom is -0.462 e. The van der Waals surface area contributed by atoms with Crippen molar-refractivity contribution in [2.24, 2.45) is 40.4 Å². The van der Waals surface area contributed by atoms with E-state index in [4.69, 9.17) is 4.74 Å². The zero-order valence-corrected chi connectivity index (χ0v) is 32.3. The summed E-state index contributed by atoms with van der Waals surface area (Å²) in [4.78, 5) is 62.1. The van der Waals surface area contributed by atoms with Crippen molar-refractivity contribution in [2.75, 3.05) is 0 Å². The molecule has 0 amide bonds. The standard InChI is InChI=1S/C36H64O12P2/c1-5-6-7-9-18-35(4,40)31-14-13-27-26-23-30(38)29-22-25(16-20-33(29,2)28(26)17-21-34(27,31)3)48-32(39)15-12-24(37)11-8-10-19-36(41,49(42,43)44)50(45,46)47/h25-31,38,40-41H,5-23H2,1-4H3,(H2,42,43,44)(H2,45,46,47)/t25-,26-,27-,28-,29+,30-,31-,33+,34-,35-/m0/s1. The highest BCUT2D eigenvalue weighted by Crippen LogP contribution is 2.70. The number of hydrogen-bond donors (Lipinski definition) is 7. The first-order valence-corrected chi connectivity index (χ1v) is 22.3. The number of Topliss-reactive ketones (excluding diaryl/α,β-unsaturated/α-hetero) is 1. The summed E-state index contributed by atoms with van der Waals surface area (Å²) in [5, 5.41) is 29.8. The lowest BCUT2D eigenvalue weighted by molar-refractivity contribution is -0.187. The van der Waals surface area contributed by atoms with Crippen LogP contribution in [0.15, 0.2) is 0 Å². The summed E-state index contributed by atoms with van der Waals surface area (Å²) >= 11 is 0. The number of aliphatic hydroxyl groups is 3. The van der Waals surface area contributed by atoms with E-state index < -0.39 is 44.4 Å². The van der Waals surface area contributed by atoms with Crippen molar-refractivity contribution < 1.29 is 58.3 Å². The van der Waals surface area contributed by atoms with Crippen LogP contribution in [0.3, 0.4) is 0 Å². The second-order valence-corrected chi connectivity index (χ2v) is 21.1. The molecule has 0 unspecified atom stereocenters. The molecule has 0 bridgehead atoms. The van der Waals surface area contributed by atoms with Crippen molar-refractivity contribution in [1.29, 1.82) is 0 Å². The molecule has 0 saturated heterocycles. The van der Waals surface area contributed by atoms with Crippen LogP contribution >= 0.6 is 15.2 Å². The fraction of sp³-hybridized carbons (Fsp3) is 0.944. The van der Waals surface area contributed by atoms with E-state index >= 15 is 0 Å². The summed E-state index contributed by atoms with van der Waals surface area (Å²) in [6.45, 7) is 9.00. The lowest BCUT2D eigenvalue weighted by atomic mass is 9.43. The molecule has 4 rings (SSSR count). The molecule has 12 nitrogen and oxygen atoms in total. The number of carbonyl (C=O) groups is 2. The summed E-state index contributed by atoms with van der Waals surface area (Å²) in [7, 11) is -11.1. The van der Waals surface area contributed by atoms with Gasteiger partial charge < -0.3 is 39.6 Å². The largest absolute Gasteiger partial charge is 0.462 e. The third-order valence-electron chi connectivity index (χ3n) is 14.0. The van der Waals surface area contributed by atoms with Crippen LogP contribution in [-0.2, 0) is 23.5 Å². The van der Waals surface area contributed by atoms with Gasteiger partial charge in [-0.2, -0.15) is 0 Å². The average Bonchev–Trinajstić information content (AvgIpc) is 3.38. The molecule has 10 atom stereocenters. The Bertz CT molecular complexity index is 1270. The number of ether oxygens (including phenoxy) is 1. The van der Waals surface area contributed by atoms with Gasteiger partial charge in [0, 0.05) is 12.8 Å². The fourth-order valence-electron chi connectivity index (χ4n) is 11.2. The van der Waals surface area contributed by atoms with Crippen LogP contribution in [0.5, 0.6) is 0 Å². The molecule has 0 aromatic carbocycles. The second-order valence-electron chi connectivity index (χ2n) is 17.1. The minimum atomic E-state index is -5.54. The Morgan fingerprint density at radius 3 is 2.02 bits per heavy atom. The van der Waals surface area contributed by atoms with E-state index in [1.165, 1.54) is 12.8 Å². The van der Waals surface area contributed by atoms with E-state index in [0.29, 0.717) is 30.6 Å². The highest BCUT2D eigenvalue weighted by molar-refractivity contribution is 7.72. The molecule has 0 spiro atoms. The number of carbonyl (C=O) groups excluding carboxylic acids is 2. The number of aliphatic hydroxyl groups excluding tert-OH is 1. The smallest absolute Gasteiger partial charge is 0.369 e. The van der Waals surface area contributed by atoms with Crippen LogP contribution in [0.25, 0.3) is 0 Å². The van der Waals surface area contributed by atoms with Crippen molar-refractivity contribution >= 4 is 26.9 Å². The molecule has 4 aliphatic carbocycles. The SMILES string of the molecule is CCCCCC[C@](C)(O)[C@H]1CC[C@H]2[C@@H]3C[C@H](O)[C@H]4C[C@@H](OC(=O)CCC(=O)CCCCC(O)(P(=O)(O)O)P(=O)(O)O)CC[C@]4(C)[C@H]3CC[C@@]21C. The number of esters is 1. The maximum Gasteiger partial charge on any atom is 0.369 e. The zero-order chi connectivity index (χ0) is 37.3. The number of fused-ring (bicyclic) bond motifs is 5. The first-order chi connectivity index (χ1) is 23.1. The number of ketones is 1. The van der Waals surface area contributed by atoms with E-state index in [2.05, 4.69) is 27.7 Å². The molecule has 0 heterocycles. The Kier molecular flexibility index (Phi) is 13.4. The van der Waals surface area contributed by atoms with Crippen LogP contribution in [0, 0.1) is 40.4 Å². The van der Waals surface area contributed by atoms with Crippen LogP contribution in [0.1, 0.15) is 150 Å². The predicted molar refractivity (Wildman–Crippen MR) is 188 cm³/mol. The number of unbranched alkanes of at least 4 members (excludes halogenated alkanes) is 4. The third-order valence-corrected chi connectivity index (χ3v) is 17.9. The molecule has 0 aromatic rings. The van der Waals surface area contributed by atoms with Crippen molar-refractivity contribution in [1.82, 2.24) is 0 Å². The first-order valence-electron chi connectivity index (χ1n) is 19.1. The first kappa shape index (κ1) is 42.1. The molecule has 290 valence electrons.